The predicted octanol–water partition coefficient (Wildman–Crippen LogP) is 0.772. The summed E-state index contributed by atoms with van der Waals surface area (Å²) < 4.78 is 4.94. The molecule has 6 nitrogen and oxygen atoms in total. The van der Waals surface area contributed by atoms with Crippen molar-refractivity contribution in [3.63, 3.8) is 0 Å². The maximum Gasteiger partial charge on any atom is 0.326 e. The Labute approximate surface area is 102 Å². The van der Waals surface area contributed by atoms with Gasteiger partial charge in [-0.15, -0.1) is 0 Å². The topological polar surface area (TPSA) is 78.9 Å². The Morgan fingerprint density at radius 2 is 1.88 bits per heavy atom. The van der Waals surface area contributed by atoms with Crippen LogP contribution in [0.3, 0.4) is 0 Å². The number of hydrogen-bond donors (Lipinski definition) is 2. The molecule has 0 aliphatic rings. The van der Waals surface area contributed by atoms with Crippen molar-refractivity contribution < 1.29 is 19.4 Å². The molecular weight excluding hydrogens is 224 g/mol. The molecule has 0 aromatic rings. The van der Waals surface area contributed by atoms with Gasteiger partial charge in [0.2, 0.25) is 0 Å². The van der Waals surface area contributed by atoms with Gasteiger partial charge in [0.05, 0.1) is 12.6 Å². The summed E-state index contributed by atoms with van der Waals surface area (Å²) >= 11 is 0. The molecule has 2 atom stereocenters. The molecule has 0 bridgehead atoms. The van der Waals surface area contributed by atoms with E-state index in [1.165, 1.54) is 4.90 Å². The molecule has 0 radical (unpaired) electrons. The number of nitrogens with zero attached hydrogens (tertiary/aromatic N) is 1. The molecule has 0 fully saturated rings. The predicted molar refractivity (Wildman–Crippen MR) is 63.9 cm³/mol. The molecule has 0 spiro atoms. The standard InChI is InChI=1S/C11H22N2O4/c1-7(2)9(10(14)15)12-11(16)13(4)8(3)6-17-5/h7-9H,6H2,1-5H3,(H,12,16)(H,14,15)/t8?,9-/m0/s1. The molecule has 1 unspecified atom stereocenters. The van der Waals surface area contributed by atoms with E-state index in [4.69, 9.17) is 9.84 Å². The SMILES string of the molecule is COCC(C)N(C)C(=O)N[C@H](C(=O)O)C(C)C. The lowest BCUT2D eigenvalue weighted by atomic mass is 10.1. The summed E-state index contributed by atoms with van der Waals surface area (Å²) in [6.07, 6.45) is 0. The number of hydrogen-bond acceptors (Lipinski definition) is 3. The van der Waals surface area contributed by atoms with Gasteiger partial charge in [0.25, 0.3) is 0 Å². The fourth-order valence-electron chi connectivity index (χ4n) is 1.30. The Morgan fingerprint density at radius 3 is 2.24 bits per heavy atom. The number of carboxylic acid groups (broad SMARTS) is 1. The van der Waals surface area contributed by atoms with Gasteiger partial charge in [-0.2, -0.15) is 0 Å². The van der Waals surface area contributed by atoms with Gasteiger partial charge in [-0.05, 0) is 12.8 Å². The van der Waals surface area contributed by atoms with Crippen molar-refractivity contribution in [1.29, 1.82) is 0 Å². The number of aliphatic carboxylic acids is 1. The molecule has 0 aliphatic heterocycles. The fourth-order valence-corrected chi connectivity index (χ4v) is 1.30. The molecule has 0 heterocycles. The van der Waals surface area contributed by atoms with Gasteiger partial charge in [0.15, 0.2) is 0 Å². The quantitative estimate of drug-likeness (QED) is 0.725. The molecule has 100 valence electrons. The summed E-state index contributed by atoms with van der Waals surface area (Å²) in [6, 6.07) is -1.39. The molecule has 17 heavy (non-hydrogen) atoms. The Morgan fingerprint density at radius 1 is 1.35 bits per heavy atom. The molecule has 0 saturated heterocycles. The van der Waals surface area contributed by atoms with Crippen molar-refractivity contribution in [2.24, 2.45) is 5.92 Å². The van der Waals surface area contributed by atoms with Crippen LogP contribution in [0.4, 0.5) is 4.79 Å². The fraction of sp³-hybridized carbons (Fsp3) is 0.818. The van der Waals surface area contributed by atoms with E-state index in [0.717, 1.165) is 0 Å². The van der Waals surface area contributed by atoms with Crippen LogP contribution < -0.4 is 5.32 Å². The highest BCUT2D eigenvalue weighted by molar-refractivity contribution is 5.82. The van der Waals surface area contributed by atoms with Crippen molar-refractivity contribution in [3.8, 4) is 0 Å². The van der Waals surface area contributed by atoms with E-state index >= 15 is 0 Å². The van der Waals surface area contributed by atoms with Crippen LogP contribution in [0.5, 0.6) is 0 Å². The van der Waals surface area contributed by atoms with E-state index in [0.29, 0.717) is 6.61 Å². The number of carbonyl (C=O) groups excluding carboxylic acids is 1. The van der Waals surface area contributed by atoms with Crippen LogP contribution >= 0.6 is 0 Å². The van der Waals surface area contributed by atoms with E-state index in [-0.39, 0.29) is 12.0 Å². The Kier molecular flexibility index (Phi) is 6.57. The van der Waals surface area contributed by atoms with Crippen LogP contribution in [0.25, 0.3) is 0 Å². The normalized spacial score (nSPS) is 14.2. The van der Waals surface area contributed by atoms with Gasteiger partial charge in [0.1, 0.15) is 6.04 Å². The number of likely N-dealkylation sites (N-methyl/N-ethyl adjacent to an activating group) is 1. The summed E-state index contributed by atoms with van der Waals surface area (Å²) in [6.45, 7) is 5.73. The van der Waals surface area contributed by atoms with Crippen molar-refractivity contribution in [2.45, 2.75) is 32.9 Å². The van der Waals surface area contributed by atoms with E-state index in [9.17, 15) is 9.59 Å². The van der Waals surface area contributed by atoms with Crippen LogP contribution in [0, 0.1) is 5.92 Å². The lowest BCUT2D eigenvalue weighted by Crippen LogP contribution is -2.51. The summed E-state index contributed by atoms with van der Waals surface area (Å²) in [5.41, 5.74) is 0. The molecule has 6 heteroatoms. The largest absolute Gasteiger partial charge is 0.480 e. The van der Waals surface area contributed by atoms with Crippen LogP contribution in [0.2, 0.25) is 0 Å². The number of carboxylic acids is 1. The number of urea groups is 1. The maximum absolute atomic E-state index is 11.8. The number of methoxy groups -OCH3 is 1. The number of nitrogens with one attached hydrogen (secondary N) is 1. The summed E-state index contributed by atoms with van der Waals surface area (Å²) in [4.78, 5) is 24.1. The highest BCUT2D eigenvalue weighted by atomic mass is 16.5. The van der Waals surface area contributed by atoms with Crippen LogP contribution in [-0.4, -0.2) is 54.9 Å². The highest BCUT2D eigenvalue weighted by Gasteiger charge is 2.26. The molecule has 0 rings (SSSR count). The number of amides is 2. The maximum atomic E-state index is 11.8. The Balaban J connectivity index is 4.45. The van der Waals surface area contributed by atoms with Gasteiger partial charge in [-0.3, -0.25) is 0 Å². The van der Waals surface area contributed by atoms with E-state index in [1.807, 2.05) is 6.92 Å². The minimum atomic E-state index is -1.03. The number of ether oxygens (including phenoxy) is 1. The summed E-state index contributed by atoms with van der Waals surface area (Å²) in [5.74, 6) is -1.19. The molecule has 0 aliphatic carbocycles. The van der Waals surface area contributed by atoms with Gasteiger partial charge in [0, 0.05) is 14.2 Å². The van der Waals surface area contributed by atoms with Crippen molar-refractivity contribution in [3.05, 3.63) is 0 Å². The van der Waals surface area contributed by atoms with Crippen LogP contribution in [-0.2, 0) is 9.53 Å². The van der Waals surface area contributed by atoms with Gasteiger partial charge in [-0.25, -0.2) is 9.59 Å². The summed E-state index contributed by atoms with van der Waals surface area (Å²) in [7, 11) is 3.16. The smallest absolute Gasteiger partial charge is 0.326 e. The van der Waals surface area contributed by atoms with Crippen molar-refractivity contribution >= 4 is 12.0 Å². The van der Waals surface area contributed by atoms with Gasteiger partial charge < -0.3 is 20.1 Å². The second kappa shape index (κ2) is 7.11. The van der Waals surface area contributed by atoms with Gasteiger partial charge in [-0.1, -0.05) is 13.8 Å². The lowest BCUT2D eigenvalue weighted by Gasteiger charge is -2.27. The Bertz CT molecular complexity index is 268. The minimum Gasteiger partial charge on any atom is -0.480 e. The summed E-state index contributed by atoms with van der Waals surface area (Å²) in [5, 5.41) is 11.4. The number of carbonyl (C=O) groups is 2. The first kappa shape index (κ1) is 15.7. The molecule has 0 aromatic carbocycles. The van der Waals surface area contributed by atoms with Crippen LogP contribution in [0.15, 0.2) is 0 Å². The zero-order chi connectivity index (χ0) is 13.6. The highest BCUT2D eigenvalue weighted by Crippen LogP contribution is 2.04. The zero-order valence-corrected chi connectivity index (χ0v) is 11.1. The third kappa shape index (κ3) is 5.04. The molecule has 0 saturated carbocycles. The minimum absolute atomic E-state index is 0.110. The first-order valence-corrected chi connectivity index (χ1v) is 5.56. The Hall–Kier alpha value is -1.30. The first-order chi connectivity index (χ1) is 7.81. The first-order valence-electron chi connectivity index (χ1n) is 5.56. The third-order valence-electron chi connectivity index (χ3n) is 2.60. The lowest BCUT2D eigenvalue weighted by molar-refractivity contribution is -0.140. The molecule has 2 amide bonds. The molecular formula is C11H22N2O4. The van der Waals surface area contributed by atoms with Gasteiger partial charge >= 0.3 is 12.0 Å². The molecule has 0 aromatic heterocycles. The monoisotopic (exact) mass is 246 g/mol. The number of rotatable bonds is 6. The average Bonchev–Trinajstić information content (AvgIpc) is 2.23. The van der Waals surface area contributed by atoms with Crippen molar-refractivity contribution in [2.75, 3.05) is 20.8 Å². The molecule has 2 N–H and O–H groups in total. The van der Waals surface area contributed by atoms with E-state index in [1.54, 1.807) is 28.0 Å². The van der Waals surface area contributed by atoms with Crippen LogP contribution in [0.1, 0.15) is 20.8 Å². The second-order valence-corrected chi connectivity index (χ2v) is 4.42. The van der Waals surface area contributed by atoms with E-state index in [2.05, 4.69) is 5.32 Å². The third-order valence-corrected chi connectivity index (χ3v) is 2.60. The average molecular weight is 246 g/mol. The van der Waals surface area contributed by atoms with Crippen molar-refractivity contribution in [1.82, 2.24) is 10.2 Å². The zero-order valence-electron chi connectivity index (χ0n) is 11.1. The second-order valence-electron chi connectivity index (χ2n) is 4.42. The van der Waals surface area contributed by atoms with E-state index < -0.39 is 18.0 Å².